The predicted octanol–water partition coefficient (Wildman–Crippen LogP) is 3.96. The molecule has 1 N–H and O–H groups in total. The maximum atomic E-state index is 12.2. The van der Waals surface area contributed by atoms with Gasteiger partial charge in [-0.2, -0.15) is 0 Å². The first kappa shape index (κ1) is 15.4. The molecule has 3 aromatic rings. The summed E-state index contributed by atoms with van der Waals surface area (Å²) >= 11 is 0. The molecule has 1 saturated heterocycles. The molecule has 5 heteroatoms. The van der Waals surface area contributed by atoms with E-state index >= 15 is 0 Å². The lowest BCUT2D eigenvalue weighted by atomic mass is 10.1. The number of nitrogens with zero attached hydrogens (tertiary/aromatic N) is 2. The predicted molar refractivity (Wildman–Crippen MR) is 99.9 cm³/mol. The number of H-pyrrole nitrogens is 1. The van der Waals surface area contributed by atoms with Gasteiger partial charge in [-0.05, 0) is 31.0 Å². The highest BCUT2D eigenvalue weighted by molar-refractivity contribution is 7.85. The first-order valence-corrected chi connectivity index (χ1v) is 9.79. The van der Waals surface area contributed by atoms with E-state index in [9.17, 15) is 4.21 Å². The first-order chi connectivity index (χ1) is 11.8. The van der Waals surface area contributed by atoms with Gasteiger partial charge in [-0.1, -0.05) is 25.1 Å². The van der Waals surface area contributed by atoms with Crippen LogP contribution in [0.1, 0.15) is 19.8 Å². The van der Waals surface area contributed by atoms with Gasteiger partial charge in [-0.25, -0.2) is 4.98 Å². The third kappa shape index (κ3) is 2.73. The SMILES string of the molecule is CC[S@@](=O)c1cnc(N2CCCC2)c(-c2cc3ccccc3[nH]2)c1. The minimum absolute atomic E-state index is 0.608. The van der Waals surface area contributed by atoms with Crippen LogP contribution in [0, 0.1) is 0 Å². The molecular formula is C19H21N3OS. The Morgan fingerprint density at radius 2 is 2.00 bits per heavy atom. The Morgan fingerprint density at radius 3 is 2.75 bits per heavy atom. The molecule has 4 rings (SSSR count). The molecule has 124 valence electrons. The van der Waals surface area contributed by atoms with E-state index in [1.807, 2.05) is 25.1 Å². The van der Waals surface area contributed by atoms with Crippen LogP contribution in [0.3, 0.4) is 0 Å². The molecular weight excluding hydrogens is 318 g/mol. The summed E-state index contributed by atoms with van der Waals surface area (Å²) in [6.07, 6.45) is 4.19. The van der Waals surface area contributed by atoms with Crippen molar-refractivity contribution in [2.24, 2.45) is 0 Å². The van der Waals surface area contributed by atoms with Crippen molar-refractivity contribution in [2.45, 2.75) is 24.7 Å². The number of aromatic nitrogens is 2. The highest BCUT2D eigenvalue weighted by atomic mass is 32.2. The van der Waals surface area contributed by atoms with Crippen LogP contribution >= 0.6 is 0 Å². The van der Waals surface area contributed by atoms with Gasteiger partial charge in [0.15, 0.2) is 0 Å². The largest absolute Gasteiger partial charge is 0.356 e. The number of aromatic amines is 1. The minimum Gasteiger partial charge on any atom is -0.356 e. The molecule has 0 aliphatic carbocycles. The summed E-state index contributed by atoms with van der Waals surface area (Å²) < 4.78 is 12.2. The van der Waals surface area contributed by atoms with E-state index in [4.69, 9.17) is 0 Å². The molecule has 4 nitrogen and oxygen atoms in total. The molecule has 0 unspecified atom stereocenters. The fourth-order valence-corrected chi connectivity index (χ4v) is 4.08. The van der Waals surface area contributed by atoms with Gasteiger partial charge in [0.2, 0.25) is 0 Å². The summed E-state index contributed by atoms with van der Waals surface area (Å²) in [5, 5.41) is 1.18. The Kier molecular flexibility index (Phi) is 4.10. The van der Waals surface area contributed by atoms with Crippen LogP contribution in [0.25, 0.3) is 22.2 Å². The molecule has 0 amide bonds. The molecule has 1 atom stereocenters. The van der Waals surface area contributed by atoms with Gasteiger partial charge in [0.05, 0.1) is 21.4 Å². The normalized spacial score (nSPS) is 16.0. The minimum atomic E-state index is -0.997. The maximum absolute atomic E-state index is 12.2. The monoisotopic (exact) mass is 339 g/mol. The number of benzene rings is 1. The van der Waals surface area contributed by atoms with Crippen molar-refractivity contribution in [3.63, 3.8) is 0 Å². The van der Waals surface area contributed by atoms with Gasteiger partial charge in [0, 0.05) is 41.5 Å². The van der Waals surface area contributed by atoms with E-state index in [1.54, 1.807) is 6.20 Å². The van der Waals surface area contributed by atoms with Crippen molar-refractivity contribution in [3.8, 4) is 11.3 Å². The van der Waals surface area contributed by atoms with Crippen molar-refractivity contribution in [3.05, 3.63) is 42.6 Å². The topological polar surface area (TPSA) is 49.0 Å². The quantitative estimate of drug-likeness (QED) is 0.783. The van der Waals surface area contributed by atoms with Crippen LogP contribution in [0.4, 0.5) is 5.82 Å². The zero-order chi connectivity index (χ0) is 16.5. The third-order valence-electron chi connectivity index (χ3n) is 4.59. The van der Waals surface area contributed by atoms with Crippen molar-refractivity contribution in [1.29, 1.82) is 0 Å². The number of hydrogen-bond donors (Lipinski definition) is 1. The van der Waals surface area contributed by atoms with Crippen LogP contribution in [-0.2, 0) is 10.8 Å². The molecule has 0 spiro atoms. The zero-order valence-electron chi connectivity index (χ0n) is 13.8. The highest BCUT2D eigenvalue weighted by Crippen LogP contribution is 2.33. The lowest BCUT2D eigenvalue weighted by Gasteiger charge is -2.20. The van der Waals surface area contributed by atoms with E-state index in [1.165, 1.54) is 18.2 Å². The number of hydrogen-bond acceptors (Lipinski definition) is 3. The van der Waals surface area contributed by atoms with Crippen molar-refractivity contribution in [1.82, 2.24) is 9.97 Å². The lowest BCUT2D eigenvalue weighted by molar-refractivity contribution is 0.683. The van der Waals surface area contributed by atoms with Crippen LogP contribution < -0.4 is 4.90 Å². The summed E-state index contributed by atoms with van der Waals surface area (Å²) in [4.78, 5) is 11.3. The van der Waals surface area contributed by atoms with Crippen molar-refractivity contribution < 1.29 is 4.21 Å². The van der Waals surface area contributed by atoms with E-state index in [2.05, 4.69) is 33.1 Å². The third-order valence-corrected chi connectivity index (χ3v) is 5.87. The Morgan fingerprint density at radius 1 is 1.21 bits per heavy atom. The second-order valence-electron chi connectivity index (χ2n) is 6.14. The van der Waals surface area contributed by atoms with Gasteiger partial charge >= 0.3 is 0 Å². The summed E-state index contributed by atoms with van der Waals surface area (Å²) in [6, 6.07) is 12.5. The molecule has 1 aliphatic heterocycles. The van der Waals surface area contributed by atoms with Gasteiger partial charge < -0.3 is 9.88 Å². The first-order valence-electron chi connectivity index (χ1n) is 8.48. The van der Waals surface area contributed by atoms with Crippen LogP contribution in [0.5, 0.6) is 0 Å². The molecule has 24 heavy (non-hydrogen) atoms. The average molecular weight is 339 g/mol. The second kappa shape index (κ2) is 6.40. The van der Waals surface area contributed by atoms with E-state index in [0.29, 0.717) is 5.75 Å². The number of anilines is 1. The summed E-state index contributed by atoms with van der Waals surface area (Å²) in [7, 11) is -0.997. The number of pyridine rings is 1. The number of nitrogens with one attached hydrogen (secondary N) is 1. The van der Waals surface area contributed by atoms with E-state index in [0.717, 1.165) is 40.6 Å². The highest BCUT2D eigenvalue weighted by Gasteiger charge is 2.20. The summed E-state index contributed by atoms with van der Waals surface area (Å²) in [6.45, 7) is 4.01. The van der Waals surface area contributed by atoms with E-state index < -0.39 is 10.8 Å². The molecule has 2 aromatic heterocycles. The zero-order valence-corrected chi connectivity index (χ0v) is 14.6. The van der Waals surface area contributed by atoms with Gasteiger partial charge in [-0.15, -0.1) is 0 Å². The average Bonchev–Trinajstić information content (AvgIpc) is 3.29. The molecule has 0 bridgehead atoms. The summed E-state index contributed by atoms with van der Waals surface area (Å²) in [5.74, 6) is 1.60. The Bertz CT molecular complexity index is 864. The molecule has 1 fully saturated rings. The van der Waals surface area contributed by atoms with Gasteiger partial charge in [-0.3, -0.25) is 4.21 Å². The maximum Gasteiger partial charge on any atom is 0.137 e. The lowest BCUT2D eigenvalue weighted by Crippen LogP contribution is -2.20. The van der Waals surface area contributed by atoms with Crippen LogP contribution in [0.15, 0.2) is 47.5 Å². The number of para-hydroxylation sites is 1. The molecule has 3 heterocycles. The molecule has 0 saturated carbocycles. The Hall–Kier alpha value is -2.14. The second-order valence-corrected chi connectivity index (χ2v) is 7.88. The van der Waals surface area contributed by atoms with Crippen LogP contribution in [-0.4, -0.2) is 33.0 Å². The van der Waals surface area contributed by atoms with Crippen molar-refractivity contribution in [2.75, 3.05) is 23.7 Å². The standard InChI is InChI=1S/C19H21N3OS/c1-2-24(23)15-12-16(19(20-13-15)22-9-5-6-10-22)18-11-14-7-3-4-8-17(14)21-18/h3-4,7-8,11-13,21H,2,5-6,9-10H2,1H3/t24-/m1/s1. The van der Waals surface area contributed by atoms with E-state index in [-0.39, 0.29) is 0 Å². The van der Waals surface area contributed by atoms with Gasteiger partial charge in [0.1, 0.15) is 5.82 Å². The fourth-order valence-electron chi connectivity index (χ4n) is 3.33. The van der Waals surface area contributed by atoms with Crippen LogP contribution in [0.2, 0.25) is 0 Å². The molecule has 1 aliphatic rings. The smallest absolute Gasteiger partial charge is 0.137 e. The number of fused-ring (bicyclic) bond motifs is 1. The molecule has 1 aromatic carbocycles. The summed E-state index contributed by atoms with van der Waals surface area (Å²) in [5.41, 5.74) is 3.20. The molecule has 0 radical (unpaired) electrons. The van der Waals surface area contributed by atoms with Crippen molar-refractivity contribution >= 4 is 27.5 Å². The number of rotatable bonds is 4. The Balaban J connectivity index is 1.87. The Labute approximate surface area is 144 Å². The fraction of sp³-hybridized carbons (Fsp3) is 0.316. The van der Waals surface area contributed by atoms with Gasteiger partial charge in [0.25, 0.3) is 0 Å².